The molecule has 8 nitrogen and oxygen atoms in total. The lowest BCUT2D eigenvalue weighted by atomic mass is 10.1. The number of thiocarbonyl (C=S) groups is 1. The van der Waals surface area contributed by atoms with Crippen molar-refractivity contribution in [1.29, 1.82) is 0 Å². The molecule has 31 heavy (non-hydrogen) atoms. The minimum absolute atomic E-state index is 0.142. The monoisotopic (exact) mass is 481 g/mol. The molecule has 0 heterocycles. The number of carbonyl (C=O) groups is 1. The van der Waals surface area contributed by atoms with Crippen LogP contribution in [0.25, 0.3) is 12.2 Å². The van der Waals surface area contributed by atoms with Gasteiger partial charge in [0.1, 0.15) is 0 Å². The highest BCUT2D eigenvalue weighted by Crippen LogP contribution is 2.24. The van der Waals surface area contributed by atoms with E-state index in [0.717, 1.165) is 0 Å². The average molecular weight is 481 g/mol. The zero-order valence-corrected chi connectivity index (χ0v) is 20.0. The quantitative estimate of drug-likeness (QED) is 0.232. The molecule has 0 bridgehead atoms. The molecule has 5 N–H and O–H groups in total. The van der Waals surface area contributed by atoms with Crippen LogP contribution in [0.15, 0.2) is 36.4 Å². The molecule has 0 aliphatic rings. The van der Waals surface area contributed by atoms with Gasteiger partial charge < -0.3 is 25.7 Å². The van der Waals surface area contributed by atoms with Gasteiger partial charge in [-0.25, -0.2) is 0 Å². The first-order chi connectivity index (χ1) is 14.6. The Kier molecular flexibility index (Phi) is 9.16. The maximum atomic E-state index is 11.9. The van der Waals surface area contributed by atoms with E-state index in [-0.39, 0.29) is 22.6 Å². The summed E-state index contributed by atoms with van der Waals surface area (Å²) in [7, 11) is -6.08. The van der Waals surface area contributed by atoms with E-state index in [1.165, 1.54) is 13.0 Å². The van der Waals surface area contributed by atoms with E-state index in [1.54, 1.807) is 42.5 Å². The van der Waals surface area contributed by atoms with Gasteiger partial charge in [0.05, 0.1) is 0 Å². The van der Waals surface area contributed by atoms with Gasteiger partial charge in [-0.3, -0.25) is 13.9 Å². The number of anilines is 2. The number of benzene rings is 2. The Hall–Kier alpha value is -2.28. The van der Waals surface area contributed by atoms with Gasteiger partial charge in [0, 0.05) is 34.9 Å². The summed E-state index contributed by atoms with van der Waals surface area (Å²) in [5.41, 5.74) is 1.94. The molecule has 2 atom stereocenters. The molecule has 0 radical (unpaired) electrons. The number of amides is 1. The second kappa shape index (κ2) is 11.4. The Morgan fingerprint density at radius 2 is 1.39 bits per heavy atom. The van der Waals surface area contributed by atoms with Crippen molar-refractivity contribution in [2.45, 2.75) is 26.8 Å². The van der Waals surface area contributed by atoms with Crippen LogP contribution < -0.4 is 26.6 Å². The van der Waals surface area contributed by atoms with Crippen LogP contribution in [0, 0.1) is 0 Å². The van der Waals surface area contributed by atoms with Crippen LogP contribution in [-0.2, 0) is 13.9 Å². The van der Waals surface area contributed by atoms with Gasteiger partial charge >= 0.3 is 0 Å². The third kappa shape index (κ3) is 7.73. The van der Waals surface area contributed by atoms with Crippen molar-refractivity contribution in [1.82, 2.24) is 5.32 Å². The Morgan fingerprint density at radius 1 is 0.935 bits per heavy atom. The molecule has 2 aromatic carbocycles. The van der Waals surface area contributed by atoms with Crippen molar-refractivity contribution < 1.29 is 23.7 Å². The van der Waals surface area contributed by atoms with Gasteiger partial charge in [-0.2, -0.15) is 0 Å². The first kappa shape index (κ1) is 25.0. The SMILES string of the molecule is CC(=O)Nc1ccc(/C=C/c2ccc(NC(=S)NC(C)C)cc2[PH](=O)O)c([PH](=O)O)c1. The second-order valence-corrected chi connectivity index (χ2v) is 9.69. The number of nitrogens with one attached hydrogen (secondary N) is 3. The maximum Gasteiger partial charge on any atom is 0.221 e. The van der Waals surface area contributed by atoms with E-state index >= 15 is 0 Å². The fraction of sp³-hybridized carbons (Fsp3) is 0.200. The maximum absolute atomic E-state index is 11.9. The molecule has 1 amide bonds. The molecule has 2 aromatic rings. The minimum atomic E-state index is -3.05. The summed E-state index contributed by atoms with van der Waals surface area (Å²) >= 11 is 5.20. The van der Waals surface area contributed by atoms with Crippen molar-refractivity contribution in [2.75, 3.05) is 10.6 Å². The standard InChI is InChI=1S/C20H25N3O5P2S/c1-12(2)21-20(31)23-17-9-7-15(19(11-17)30(27)28)5-4-14-6-8-16(22-13(3)24)10-18(14)29(25)26/h4-12,29-30H,1-3H3,(H,22,24)(H,25,26)(H,27,28)(H2,21,23,31)/b5-4+. The smallest absolute Gasteiger partial charge is 0.221 e. The van der Waals surface area contributed by atoms with Crippen molar-refractivity contribution in [2.24, 2.45) is 0 Å². The lowest BCUT2D eigenvalue weighted by Crippen LogP contribution is -2.34. The minimum Gasteiger partial charge on any atom is -0.360 e. The van der Waals surface area contributed by atoms with Gasteiger partial charge in [0.2, 0.25) is 22.0 Å². The Morgan fingerprint density at radius 3 is 1.77 bits per heavy atom. The van der Waals surface area contributed by atoms with Gasteiger partial charge in [0.25, 0.3) is 0 Å². The summed E-state index contributed by atoms with van der Waals surface area (Å²) in [6.45, 7) is 5.23. The third-order valence-electron chi connectivity index (χ3n) is 4.01. The van der Waals surface area contributed by atoms with E-state index in [1.807, 2.05) is 13.8 Å². The highest BCUT2D eigenvalue weighted by atomic mass is 32.1. The van der Waals surface area contributed by atoms with Crippen LogP contribution in [0.1, 0.15) is 31.9 Å². The molecule has 0 aromatic heterocycles. The molecule has 0 fully saturated rings. The first-order valence-corrected chi connectivity index (χ1v) is 12.5. The largest absolute Gasteiger partial charge is 0.360 e. The Balaban J connectivity index is 2.35. The summed E-state index contributed by atoms with van der Waals surface area (Å²) in [4.78, 5) is 30.7. The topological polar surface area (TPSA) is 128 Å². The number of carbonyl (C=O) groups excluding carboxylic acids is 1. The van der Waals surface area contributed by atoms with E-state index < -0.39 is 16.1 Å². The van der Waals surface area contributed by atoms with Crippen molar-refractivity contribution in [3.05, 3.63) is 47.5 Å². The van der Waals surface area contributed by atoms with Crippen LogP contribution in [0.4, 0.5) is 11.4 Å². The zero-order valence-electron chi connectivity index (χ0n) is 17.2. The molecule has 166 valence electrons. The van der Waals surface area contributed by atoms with E-state index in [4.69, 9.17) is 12.2 Å². The predicted molar refractivity (Wildman–Crippen MR) is 132 cm³/mol. The van der Waals surface area contributed by atoms with Gasteiger partial charge in [-0.05, 0) is 61.5 Å². The molecule has 11 heteroatoms. The second-order valence-electron chi connectivity index (χ2n) is 6.98. The summed E-state index contributed by atoms with van der Waals surface area (Å²) < 4.78 is 23.7. The fourth-order valence-corrected chi connectivity index (χ4v) is 4.48. The average Bonchev–Trinajstić information content (AvgIpc) is 2.66. The summed E-state index contributed by atoms with van der Waals surface area (Å²) in [5, 5.41) is 9.38. The lowest BCUT2D eigenvalue weighted by Gasteiger charge is -2.14. The predicted octanol–water partition coefficient (Wildman–Crippen LogP) is 2.69. The van der Waals surface area contributed by atoms with Crippen LogP contribution in [0.3, 0.4) is 0 Å². The zero-order chi connectivity index (χ0) is 23.1. The van der Waals surface area contributed by atoms with Crippen LogP contribution in [0.5, 0.6) is 0 Å². The molecule has 0 aliphatic heterocycles. The molecule has 2 unspecified atom stereocenters. The molecule has 0 saturated heterocycles. The van der Waals surface area contributed by atoms with Crippen LogP contribution >= 0.6 is 28.3 Å². The molecule has 0 spiro atoms. The highest BCUT2D eigenvalue weighted by molar-refractivity contribution is 7.80. The molecule has 2 rings (SSSR count). The molecular formula is C20H25N3O5P2S. The number of hydrogen-bond acceptors (Lipinski definition) is 4. The summed E-state index contributed by atoms with van der Waals surface area (Å²) in [6.07, 6.45) is 3.19. The third-order valence-corrected chi connectivity index (χ3v) is 6.02. The van der Waals surface area contributed by atoms with Gasteiger partial charge in [-0.15, -0.1) is 0 Å². The number of rotatable bonds is 7. The van der Waals surface area contributed by atoms with Crippen molar-refractivity contribution >= 4 is 73.4 Å². The van der Waals surface area contributed by atoms with E-state index in [9.17, 15) is 23.7 Å². The summed E-state index contributed by atoms with van der Waals surface area (Å²) in [5.74, 6) is -0.290. The Bertz CT molecular complexity index is 1070. The Labute approximate surface area is 187 Å². The molecular weight excluding hydrogens is 456 g/mol. The number of hydrogen-bond donors (Lipinski definition) is 5. The first-order valence-electron chi connectivity index (χ1n) is 9.34. The fourth-order valence-electron chi connectivity index (χ4n) is 2.74. The van der Waals surface area contributed by atoms with Crippen molar-refractivity contribution in [3.63, 3.8) is 0 Å². The van der Waals surface area contributed by atoms with E-state index in [2.05, 4.69) is 16.0 Å². The van der Waals surface area contributed by atoms with Gasteiger partial charge in [0.15, 0.2) is 5.11 Å². The van der Waals surface area contributed by atoms with Crippen LogP contribution in [-0.4, -0.2) is 26.8 Å². The molecule has 0 saturated carbocycles. The van der Waals surface area contributed by atoms with E-state index in [0.29, 0.717) is 27.6 Å². The van der Waals surface area contributed by atoms with Crippen LogP contribution in [0.2, 0.25) is 0 Å². The highest BCUT2D eigenvalue weighted by Gasteiger charge is 2.10. The van der Waals surface area contributed by atoms with Gasteiger partial charge in [-0.1, -0.05) is 24.3 Å². The molecule has 0 aliphatic carbocycles. The van der Waals surface area contributed by atoms with Crippen molar-refractivity contribution in [3.8, 4) is 0 Å². The normalized spacial score (nSPS) is 13.1. The summed E-state index contributed by atoms with van der Waals surface area (Å²) in [6, 6.07) is 9.73. The lowest BCUT2D eigenvalue weighted by molar-refractivity contribution is -0.114.